The van der Waals surface area contributed by atoms with Gasteiger partial charge in [0.2, 0.25) is 11.8 Å². The van der Waals surface area contributed by atoms with Gasteiger partial charge >= 0.3 is 0 Å². The number of halogens is 1. The number of hydrogen-bond acceptors (Lipinski definition) is 6. The first-order valence-corrected chi connectivity index (χ1v) is 9.70. The van der Waals surface area contributed by atoms with Crippen molar-refractivity contribution in [1.29, 1.82) is 0 Å². The van der Waals surface area contributed by atoms with E-state index in [1.54, 1.807) is 26.4 Å². The Morgan fingerprint density at radius 1 is 1.29 bits per heavy atom. The Hall–Kier alpha value is -2.19. The van der Waals surface area contributed by atoms with Crippen molar-refractivity contribution in [1.82, 2.24) is 5.32 Å². The standard InChI is InChI=1S/C20H28FN3O4/c1-27-19(28-2)8-3-13-9-10-24(12-13)17-6-4-14(11-15(17)21)22-16-5-7-18(25)23-20(16)26/h4,6,11,13,16,19,22H,3,5,7-10,12H2,1-2H3,(H,23,25,26). The maximum absolute atomic E-state index is 14.7. The number of carbonyl (C=O) groups is 2. The van der Waals surface area contributed by atoms with E-state index in [9.17, 15) is 14.0 Å². The van der Waals surface area contributed by atoms with Crippen LogP contribution in [0.25, 0.3) is 0 Å². The molecule has 2 aliphatic rings. The molecule has 0 saturated carbocycles. The summed E-state index contributed by atoms with van der Waals surface area (Å²) in [5.41, 5.74) is 1.11. The maximum Gasteiger partial charge on any atom is 0.249 e. The van der Waals surface area contributed by atoms with E-state index in [-0.39, 0.29) is 30.3 Å². The first-order chi connectivity index (χ1) is 13.5. The summed E-state index contributed by atoms with van der Waals surface area (Å²) in [6.07, 6.45) is 3.30. The van der Waals surface area contributed by atoms with Gasteiger partial charge in [0.15, 0.2) is 6.29 Å². The van der Waals surface area contributed by atoms with Gasteiger partial charge in [-0.05, 0) is 49.8 Å². The number of methoxy groups -OCH3 is 2. The minimum atomic E-state index is -0.520. The highest BCUT2D eigenvalue weighted by Gasteiger charge is 2.28. The maximum atomic E-state index is 14.7. The van der Waals surface area contributed by atoms with Crippen LogP contribution < -0.4 is 15.5 Å². The van der Waals surface area contributed by atoms with Crippen LogP contribution in [-0.2, 0) is 19.1 Å². The molecule has 154 valence electrons. The number of nitrogens with zero attached hydrogens (tertiary/aromatic N) is 1. The lowest BCUT2D eigenvalue weighted by atomic mass is 10.0. The minimum Gasteiger partial charge on any atom is -0.374 e. The molecule has 2 aliphatic heterocycles. The van der Waals surface area contributed by atoms with Crippen molar-refractivity contribution in [3.63, 3.8) is 0 Å². The average Bonchev–Trinajstić information content (AvgIpc) is 3.14. The van der Waals surface area contributed by atoms with Gasteiger partial charge < -0.3 is 19.7 Å². The predicted molar refractivity (Wildman–Crippen MR) is 104 cm³/mol. The van der Waals surface area contributed by atoms with E-state index in [1.165, 1.54) is 6.07 Å². The van der Waals surface area contributed by atoms with Gasteiger partial charge in [0.05, 0.1) is 5.69 Å². The van der Waals surface area contributed by atoms with Crippen LogP contribution in [0.3, 0.4) is 0 Å². The highest BCUT2D eigenvalue weighted by molar-refractivity contribution is 6.01. The van der Waals surface area contributed by atoms with Gasteiger partial charge in [0.25, 0.3) is 0 Å². The summed E-state index contributed by atoms with van der Waals surface area (Å²) in [5, 5.41) is 5.31. The second-order valence-corrected chi connectivity index (χ2v) is 7.39. The third-order valence-corrected chi connectivity index (χ3v) is 5.49. The molecule has 0 aromatic heterocycles. The number of ether oxygens (including phenoxy) is 2. The summed E-state index contributed by atoms with van der Waals surface area (Å²) in [4.78, 5) is 25.1. The van der Waals surface area contributed by atoms with E-state index in [4.69, 9.17) is 9.47 Å². The molecule has 2 amide bonds. The number of amides is 2. The Bertz CT molecular complexity index is 711. The van der Waals surface area contributed by atoms with Gasteiger partial charge in [-0.2, -0.15) is 0 Å². The molecule has 1 aromatic carbocycles. The van der Waals surface area contributed by atoms with Crippen molar-refractivity contribution in [3.8, 4) is 0 Å². The molecule has 7 nitrogen and oxygen atoms in total. The van der Waals surface area contributed by atoms with Gasteiger partial charge in [-0.15, -0.1) is 0 Å². The van der Waals surface area contributed by atoms with Gasteiger partial charge in [0.1, 0.15) is 11.9 Å². The Morgan fingerprint density at radius 2 is 2.07 bits per heavy atom. The molecule has 2 unspecified atom stereocenters. The van der Waals surface area contributed by atoms with Crippen LogP contribution in [-0.4, -0.2) is 51.5 Å². The minimum absolute atomic E-state index is 0.191. The second-order valence-electron chi connectivity index (χ2n) is 7.39. The zero-order chi connectivity index (χ0) is 20.1. The van der Waals surface area contributed by atoms with Gasteiger partial charge in [-0.25, -0.2) is 4.39 Å². The Kier molecular flexibility index (Phi) is 6.85. The second kappa shape index (κ2) is 9.34. The lowest BCUT2D eigenvalue weighted by Crippen LogP contribution is -2.47. The summed E-state index contributed by atoms with van der Waals surface area (Å²) in [7, 11) is 3.27. The molecule has 2 saturated heterocycles. The van der Waals surface area contributed by atoms with Gasteiger partial charge in [0, 0.05) is 39.4 Å². The van der Waals surface area contributed by atoms with Crippen molar-refractivity contribution in [2.75, 3.05) is 37.5 Å². The van der Waals surface area contributed by atoms with E-state index in [0.29, 0.717) is 23.7 Å². The molecular formula is C20H28FN3O4. The molecular weight excluding hydrogens is 365 g/mol. The number of piperidine rings is 1. The fraction of sp³-hybridized carbons (Fsp3) is 0.600. The molecule has 2 heterocycles. The number of benzene rings is 1. The fourth-order valence-corrected chi connectivity index (χ4v) is 3.88. The molecule has 3 rings (SSSR count). The molecule has 0 radical (unpaired) electrons. The number of imide groups is 1. The van der Waals surface area contributed by atoms with Crippen LogP contribution >= 0.6 is 0 Å². The van der Waals surface area contributed by atoms with Gasteiger partial charge in [-0.3, -0.25) is 14.9 Å². The molecule has 1 aromatic rings. The Labute approximate surface area is 164 Å². The molecule has 0 bridgehead atoms. The quantitative estimate of drug-likeness (QED) is 0.521. The predicted octanol–water partition coefficient (Wildman–Crippen LogP) is 2.27. The summed E-state index contributed by atoms with van der Waals surface area (Å²) in [5.74, 6) is -0.470. The SMILES string of the molecule is COC(CCC1CCN(c2ccc(NC3CCC(=O)NC3=O)cc2F)C1)OC. The average molecular weight is 393 g/mol. The highest BCUT2D eigenvalue weighted by atomic mass is 19.1. The molecule has 0 aliphatic carbocycles. The Morgan fingerprint density at radius 3 is 2.75 bits per heavy atom. The van der Waals surface area contributed by atoms with E-state index in [1.807, 2.05) is 0 Å². The first kappa shape index (κ1) is 20.5. The third-order valence-electron chi connectivity index (χ3n) is 5.49. The molecule has 2 atom stereocenters. The van der Waals surface area contributed by atoms with Crippen LogP contribution in [0.1, 0.15) is 32.1 Å². The van der Waals surface area contributed by atoms with Crippen molar-refractivity contribution in [2.24, 2.45) is 5.92 Å². The molecule has 0 spiro atoms. The lowest BCUT2D eigenvalue weighted by molar-refractivity contribution is -0.133. The van der Waals surface area contributed by atoms with Crippen LogP contribution in [0.5, 0.6) is 0 Å². The lowest BCUT2D eigenvalue weighted by Gasteiger charge is -2.24. The fourth-order valence-electron chi connectivity index (χ4n) is 3.88. The molecule has 8 heteroatoms. The highest BCUT2D eigenvalue weighted by Crippen LogP contribution is 2.30. The van der Waals surface area contributed by atoms with Crippen molar-refractivity contribution in [3.05, 3.63) is 24.0 Å². The zero-order valence-corrected chi connectivity index (χ0v) is 16.4. The zero-order valence-electron chi connectivity index (χ0n) is 16.4. The topological polar surface area (TPSA) is 79.9 Å². The van der Waals surface area contributed by atoms with E-state index < -0.39 is 6.04 Å². The monoisotopic (exact) mass is 393 g/mol. The molecule has 2 fully saturated rings. The number of nitrogens with one attached hydrogen (secondary N) is 2. The van der Waals surface area contributed by atoms with Crippen LogP contribution in [0.2, 0.25) is 0 Å². The van der Waals surface area contributed by atoms with Crippen LogP contribution in [0, 0.1) is 11.7 Å². The van der Waals surface area contributed by atoms with Crippen molar-refractivity contribution in [2.45, 2.75) is 44.4 Å². The van der Waals surface area contributed by atoms with Crippen molar-refractivity contribution < 1.29 is 23.5 Å². The van der Waals surface area contributed by atoms with Crippen LogP contribution in [0.15, 0.2) is 18.2 Å². The molecule has 2 N–H and O–H groups in total. The smallest absolute Gasteiger partial charge is 0.249 e. The number of carbonyl (C=O) groups excluding carboxylic acids is 2. The summed E-state index contributed by atoms with van der Waals surface area (Å²) >= 11 is 0. The third kappa shape index (κ3) is 4.99. The van der Waals surface area contributed by atoms with Crippen LogP contribution in [0.4, 0.5) is 15.8 Å². The summed E-state index contributed by atoms with van der Waals surface area (Å²) < 4.78 is 25.1. The first-order valence-electron chi connectivity index (χ1n) is 9.70. The van der Waals surface area contributed by atoms with Gasteiger partial charge in [-0.1, -0.05) is 0 Å². The van der Waals surface area contributed by atoms with Crippen molar-refractivity contribution >= 4 is 23.2 Å². The number of rotatable bonds is 8. The van der Waals surface area contributed by atoms with E-state index in [0.717, 1.165) is 32.4 Å². The number of hydrogen-bond donors (Lipinski definition) is 2. The Balaban J connectivity index is 1.56. The van der Waals surface area contributed by atoms with E-state index in [2.05, 4.69) is 15.5 Å². The summed E-state index contributed by atoms with van der Waals surface area (Å²) in [6, 6.07) is 4.42. The normalized spacial score (nSPS) is 22.6. The van der Waals surface area contributed by atoms with E-state index >= 15 is 0 Å². The largest absolute Gasteiger partial charge is 0.374 e. The number of anilines is 2. The molecule has 28 heavy (non-hydrogen) atoms. The summed E-state index contributed by atoms with van der Waals surface area (Å²) in [6.45, 7) is 1.61.